The van der Waals surface area contributed by atoms with Crippen LogP contribution in [-0.2, 0) is 17.7 Å². The Morgan fingerprint density at radius 2 is 2.21 bits per heavy atom. The Labute approximate surface area is 146 Å². The lowest BCUT2D eigenvalue weighted by Gasteiger charge is -2.50. The predicted octanol–water partition coefficient (Wildman–Crippen LogP) is 2.80. The number of aryl methyl sites for hydroxylation is 1. The second kappa shape index (κ2) is 6.11. The van der Waals surface area contributed by atoms with Crippen molar-refractivity contribution in [3.8, 4) is 0 Å². The zero-order chi connectivity index (χ0) is 16.7. The van der Waals surface area contributed by atoms with Gasteiger partial charge < -0.3 is 9.64 Å². The summed E-state index contributed by atoms with van der Waals surface area (Å²) < 4.78 is 8.38. The summed E-state index contributed by atoms with van der Waals surface area (Å²) in [7, 11) is 0. The quantitative estimate of drug-likeness (QED) is 0.851. The third-order valence-electron chi connectivity index (χ3n) is 5.24. The Morgan fingerprint density at radius 1 is 1.38 bits per heavy atom. The van der Waals surface area contributed by atoms with Gasteiger partial charge in [-0.1, -0.05) is 0 Å². The number of hydrogen-bond donors (Lipinski definition) is 0. The van der Waals surface area contributed by atoms with E-state index in [1.807, 2.05) is 6.92 Å². The number of thiazole rings is 1. The maximum absolute atomic E-state index is 6.14. The number of ether oxygens (including phenoxy) is 1. The second-order valence-electron chi connectivity index (χ2n) is 7.04. The molecule has 2 aromatic heterocycles. The molecule has 0 N–H and O–H groups in total. The van der Waals surface area contributed by atoms with Gasteiger partial charge >= 0.3 is 0 Å². The van der Waals surface area contributed by atoms with E-state index in [4.69, 9.17) is 4.74 Å². The van der Waals surface area contributed by atoms with Crippen LogP contribution in [0.1, 0.15) is 49.6 Å². The van der Waals surface area contributed by atoms with Crippen molar-refractivity contribution >= 4 is 17.3 Å². The van der Waals surface area contributed by atoms with Crippen LogP contribution >= 0.6 is 11.3 Å². The number of rotatable bonds is 4. The summed E-state index contributed by atoms with van der Waals surface area (Å²) in [5, 5.41) is 12.2. The van der Waals surface area contributed by atoms with Crippen LogP contribution < -0.4 is 4.90 Å². The first-order valence-electron chi connectivity index (χ1n) is 8.84. The van der Waals surface area contributed by atoms with Gasteiger partial charge in [0.1, 0.15) is 10.8 Å². The summed E-state index contributed by atoms with van der Waals surface area (Å²) in [5.41, 5.74) is 1.13. The van der Waals surface area contributed by atoms with Crippen molar-refractivity contribution in [3.63, 3.8) is 0 Å². The van der Waals surface area contributed by atoms with E-state index >= 15 is 0 Å². The molecular weight excluding hydrogens is 322 g/mol. The van der Waals surface area contributed by atoms with Gasteiger partial charge in [0, 0.05) is 17.6 Å². The largest absolute Gasteiger partial charge is 0.371 e. The average Bonchev–Trinajstić information content (AvgIpc) is 3.13. The van der Waals surface area contributed by atoms with Gasteiger partial charge in [0.05, 0.1) is 31.2 Å². The monoisotopic (exact) mass is 347 g/mol. The Bertz CT molecular complexity index is 720. The Morgan fingerprint density at radius 3 is 2.83 bits per heavy atom. The van der Waals surface area contributed by atoms with Crippen LogP contribution in [0.5, 0.6) is 0 Å². The lowest BCUT2D eigenvalue weighted by molar-refractivity contribution is -0.117. The number of aromatic nitrogens is 4. The summed E-state index contributed by atoms with van der Waals surface area (Å²) in [6.45, 7) is 8.99. The molecule has 2 aromatic rings. The van der Waals surface area contributed by atoms with Gasteiger partial charge in [0.2, 0.25) is 5.95 Å². The van der Waals surface area contributed by atoms with Crippen LogP contribution in [0.25, 0.3) is 0 Å². The van der Waals surface area contributed by atoms with Crippen LogP contribution in [-0.4, -0.2) is 44.5 Å². The van der Waals surface area contributed by atoms with Crippen LogP contribution in [0.15, 0.2) is 5.38 Å². The third kappa shape index (κ3) is 2.73. The molecule has 1 spiro atoms. The number of morpholine rings is 1. The van der Waals surface area contributed by atoms with E-state index < -0.39 is 0 Å². The molecule has 0 aromatic carbocycles. The summed E-state index contributed by atoms with van der Waals surface area (Å²) in [6.07, 6.45) is 4.37. The highest BCUT2D eigenvalue weighted by molar-refractivity contribution is 7.09. The molecule has 2 fully saturated rings. The topological polar surface area (TPSA) is 56.1 Å². The Balaban J connectivity index is 1.60. The molecule has 7 heteroatoms. The Hall–Kier alpha value is -1.47. The lowest BCUT2D eigenvalue weighted by atomic mass is 9.78. The molecule has 1 aliphatic heterocycles. The van der Waals surface area contributed by atoms with Gasteiger partial charge in [0.25, 0.3) is 0 Å². The molecule has 0 amide bonds. The minimum atomic E-state index is 0.0591. The summed E-state index contributed by atoms with van der Waals surface area (Å²) in [4.78, 5) is 6.97. The molecule has 1 atom stereocenters. The predicted molar refractivity (Wildman–Crippen MR) is 94.7 cm³/mol. The van der Waals surface area contributed by atoms with E-state index in [-0.39, 0.29) is 5.60 Å². The fourth-order valence-corrected chi connectivity index (χ4v) is 4.42. The van der Waals surface area contributed by atoms with Gasteiger partial charge in [-0.15, -0.1) is 21.5 Å². The standard InChI is InChI=1S/C17H25N5OS/c1-4-21-14(8-15-18-12(2)10-24-15)19-20-16(21)22-11-17(6-5-7-17)23-9-13(22)3/h10,13H,4-9,11H2,1-3H3. The van der Waals surface area contributed by atoms with Gasteiger partial charge in [-0.2, -0.15) is 0 Å². The van der Waals surface area contributed by atoms with Crippen LogP contribution in [0.2, 0.25) is 0 Å². The maximum Gasteiger partial charge on any atom is 0.227 e. The van der Waals surface area contributed by atoms with E-state index in [9.17, 15) is 0 Å². The highest BCUT2D eigenvalue weighted by Crippen LogP contribution is 2.40. The minimum Gasteiger partial charge on any atom is -0.371 e. The summed E-state index contributed by atoms with van der Waals surface area (Å²) >= 11 is 1.70. The van der Waals surface area contributed by atoms with Crippen molar-refractivity contribution < 1.29 is 4.74 Å². The third-order valence-corrected chi connectivity index (χ3v) is 6.21. The summed E-state index contributed by atoms with van der Waals surface area (Å²) in [5.74, 6) is 1.99. The van der Waals surface area contributed by atoms with E-state index in [1.54, 1.807) is 11.3 Å². The van der Waals surface area contributed by atoms with Crippen LogP contribution in [0, 0.1) is 6.92 Å². The molecule has 130 valence electrons. The molecule has 1 saturated heterocycles. The van der Waals surface area contributed by atoms with Crippen molar-refractivity contribution in [2.24, 2.45) is 0 Å². The van der Waals surface area contributed by atoms with E-state index in [1.165, 1.54) is 19.3 Å². The van der Waals surface area contributed by atoms with Crippen molar-refractivity contribution in [1.82, 2.24) is 19.7 Å². The molecular formula is C17H25N5OS. The van der Waals surface area contributed by atoms with Crippen LogP contribution in [0.4, 0.5) is 5.95 Å². The first-order valence-corrected chi connectivity index (χ1v) is 9.72. The van der Waals surface area contributed by atoms with E-state index in [0.29, 0.717) is 6.04 Å². The highest BCUT2D eigenvalue weighted by Gasteiger charge is 2.45. The molecule has 4 rings (SSSR count). The lowest BCUT2D eigenvalue weighted by Crippen LogP contribution is -2.59. The second-order valence-corrected chi connectivity index (χ2v) is 7.99. The van der Waals surface area contributed by atoms with Crippen molar-refractivity contribution in [2.45, 2.75) is 64.6 Å². The Kier molecular flexibility index (Phi) is 4.08. The average molecular weight is 347 g/mol. The maximum atomic E-state index is 6.14. The van der Waals surface area contributed by atoms with Crippen molar-refractivity contribution in [2.75, 3.05) is 18.1 Å². The van der Waals surface area contributed by atoms with Gasteiger partial charge in [-0.05, 0) is 40.0 Å². The highest BCUT2D eigenvalue weighted by atomic mass is 32.1. The molecule has 1 unspecified atom stereocenters. The van der Waals surface area contributed by atoms with Crippen molar-refractivity contribution in [3.05, 3.63) is 21.9 Å². The van der Waals surface area contributed by atoms with Gasteiger partial charge in [-0.25, -0.2) is 4.98 Å². The molecule has 1 saturated carbocycles. The SMILES string of the molecule is CCn1c(Cc2nc(C)cs2)nnc1N1CC2(CCC2)OCC1C. The fourth-order valence-electron chi connectivity index (χ4n) is 3.65. The van der Waals surface area contributed by atoms with E-state index in [2.05, 4.69) is 43.9 Å². The molecule has 1 aliphatic carbocycles. The first kappa shape index (κ1) is 16.0. The number of hydrogen-bond acceptors (Lipinski definition) is 6. The first-order chi connectivity index (χ1) is 11.6. The van der Waals surface area contributed by atoms with Gasteiger partial charge in [-0.3, -0.25) is 4.57 Å². The molecule has 2 aliphatic rings. The summed E-state index contributed by atoms with van der Waals surface area (Å²) in [6, 6.07) is 0.334. The molecule has 0 radical (unpaired) electrons. The van der Waals surface area contributed by atoms with Crippen molar-refractivity contribution in [1.29, 1.82) is 0 Å². The zero-order valence-corrected chi connectivity index (χ0v) is 15.5. The smallest absolute Gasteiger partial charge is 0.227 e. The molecule has 24 heavy (non-hydrogen) atoms. The molecule has 3 heterocycles. The normalized spacial score (nSPS) is 22.8. The minimum absolute atomic E-state index is 0.0591. The number of nitrogens with zero attached hydrogens (tertiary/aromatic N) is 5. The number of anilines is 1. The fraction of sp³-hybridized carbons (Fsp3) is 0.706. The van der Waals surface area contributed by atoms with Crippen LogP contribution in [0.3, 0.4) is 0 Å². The van der Waals surface area contributed by atoms with E-state index in [0.717, 1.165) is 48.6 Å². The van der Waals surface area contributed by atoms with Gasteiger partial charge in [0.15, 0.2) is 0 Å². The molecule has 6 nitrogen and oxygen atoms in total. The molecule has 0 bridgehead atoms. The zero-order valence-electron chi connectivity index (χ0n) is 14.7.